The first-order valence-corrected chi connectivity index (χ1v) is 7.17. The Kier molecular flexibility index (Phi) is 3.82. The van der Waals surface area contributed by atoms with Crippen LogP contribution >= 0.6 is 0 Å². The molecule has 0 aliphatic heterocycles. The Morgan fingerprint density at radius 1 is 1.37 bits per heavy atom. The topological polar surface area (TPSA) is 97.1 Å². The number of nitrogens with zero attached hydrogens (tertiary/aromatic N) is 3. The van der Waals surface area contributed by atoms with Crippen LogP contribution in [0.15, 0.2) is 35.5 Å². The summed E-state index contributed by atoms with van der Waals surface area (Å²) >= 11 is 0. The third kappa shape index (κ3) is 2.91. The first kappa shape index (κ1) is 13.5. The summed E-state index contributed by atoms with van der Waals surface area (Å²) in [5.41, 5.74) is 0. The summed E-state index contributed by atoms with van der Waals surface area (Å²) in [6, 6.07) is 5.76. The second kappa shape index (κ2) is 5.37. The zero-order valence-electron chi connectivity index (χ0n) is 10.3. The van der Waals surface area contributed by atoms with Crippen molar-refractivity contribution in [2.75, 3.05) is 0 Å². The van der Waals surface area contributed by atoms with Gasteiger partial charge in [-0.25, -0.2) is 13.1 Å². The van der Waals surface area contributed by atoms with E-state index in [4.69, 9.17) is 0 Å². The average Bonchev–Trinajstić information content (AvgIpc) is 2.84. The Balaban J connectivity index is 2.17. The molecule has 0 atom stereocenters. The van der Waals surface area contributed by atoms with Crippen LogP contribution in [0.2, 0.25) is 0 Å². The van der Waals surface area contributed by atoms with Crippen LogP contribution in [0.4, 0.5) is 0 Å². The van der Waals surface area contributed by atoms with Gasteiger partial charge in [0.1, 0.15) is 22.8 Å². The predicted molar refractivity (Wildman–Crippen MR) is 67.8 cm³/mol. The molecular weight excluding hydrogens is 268 g/mol. The van der Waals surface area contributed by atoms with Crippen LogP contribution in [0, 0.1) is 0 Å². The molecule has 1 aromatic carbocycles. The van der Waals surface area contributed by atoms with E-state index in [1.165, 1.54) is 18.5 Å². The molecule has 0 saturated carbocycles. The van der Waals surface area contributed by atoms with Crippen molar-refractivity contribution in [2.24, 2.45) is 0 Å². The highest BCUT2D eigenvalue weighted by molar-refractivity contribution is 7.89. The van der Waals surface area contributed by atoms with Gasteiger partial charge < -0.3 is 9.67 Å². The second-order valence-corrected chi connectivity index (χ2v) is 5.56. The van der Waals surface area contributed by atoms with Gasteiger partial charge in [-0.3, -0.25) is 0 Å². The molecule has 102 valence electrons. The van der Waals surface area contributed by atoms with Crippen molar-refractivity contribution < 1.29 is 13.5 Å². The van der Waals surface area contributed by atoms with Crippen LogP contribution < -0.4 is 4.72 Å². The van der Waals surface area contributed by atoms with Gasteiger partial charge in [0.25, 0.3) is 0 Å². The van der Waals surface area contributed by atoms with Crippen LogP contribution in [0.5, 0.6) is 5.75 Å². The highest BCUT2D eigenvalue weighted by Gasteiger charge is 2.18. The molecule has 0 amide bonds. The third-order valence-corrected chi connectivity index (χ3v) is 4.06. The van der Waals surface area contributed by atoms with Crippen molar-refractivity contribution in [3.05, 3.63) is 36.4 Å². The van der Waals surface area contributed by atoms with Gasteiger partial charge in [0.15, 0.2) is 0 Å². The quantitative estimate of drug-likeness (QED) is 0.831. The van der Waals surface area contributed by atoms with Crippen molar-refractivity contribution in [3.63, 3.8) is 0 Å². The van der Waals surface area contributed by atoms with E-state index in [0.717, 1.165) is 0 Å². The number of phenols is 1. The lowest BCUT2D eigenvalue weighted by molar-refractivity contribution is 0.457. The van der Waals surface area contributed by atoms with Crippen molar-refractivity contribution in [1.82, 2.24) is 19.5 Å². The van der Waals surface area contributed by atoms with E-state index < -0.39 is 10.0 Å². The molecule has 2 rings (SSSR count). The smallest absolute Gasteiger partial charge is 0.244 e. The number of aryl methyl sites for hydroxylation is 1. The van der Waals surface area contributed by atoms with Crippen LogP contribution in [0.25, 0.3) is 0 Å². The molecule has 0 bridgehead atoms. The molecule has 2 N–H and O–H groups in total. The van der Waals surface area contributed by atoms with Crippen molar-refractivity contribution in [3.8, 4) is 5.75 Å². The number of para-hydroxylation sites is 1. The molecular formula is C11H14N4O3S. The van der Waals surface area contributed by atoms with E-state index in [2.05, 4.69) is 14.9 Å². The van der Waals surface area contributed by atoms with E-state index in [1.54, 1.807) is 16.7 Å². The summed E-state index contributed by atoms with van der Waals surface area (Å²) in [4.78, 5) is -0.155. The maximum atomic E-state index is 12.0. The van der Waals surface area contributed by atoms with E-state index in [1.807, 2.05) is 6.92 Å². The fourth-order valence-corrected chi connectivity index (χ4v) is 2.68. The average molecular weight is 282 g/mol. The number of phenolic OH excluding ortho intramolecular Hbond substituents is 1. The number of aromatic hydroxyl groups is 1. The number of hydrogen-bond donors (Lipinski definition) is 2. The maximum Gasteiger partial charge on any atom is 0.244 e. The normalized spacial score (nSPS) is 11.6. The van der Waals surface area contributed by atoms with Gasteiger partial charge in [0.05, 0.1) is 6.54 Å². The van der Waals surface area contributed by atoms with E-state index in [0.29, 0.717) is 12.4 Å². The largest absolute Gasteiger partial charge is 0.507 e. The monoisotopic (exact) mass is 282 g/mol. The molecule has 1 heterocycles. The van der Waals surface area contributed by atoms with Crippen LogP contribution in [-0.4, -0.2) is 28.3 Å². The van der Waals surface area contributed by atoms with Gasteiger partial charge in [0, 0.05) is 6.54 Å². The fourth-order valence-electron chi connectivity index (χ4n) is 1.60. The second-order valence-electron chi connectivity index (χ2n) is 3.83. The van der Waals surface area contributed by atoms with Crippen molar-refractivity contribution in [1.29, 1.82) is 0 Å². The summed E-state index contributed by atoms with van der Waals surface area (Å²) in [5, 5.41) is 17.1. The minimum absolute atomic E-state index is 0.0184. The summed E-state index contributed by atoms with van der Waals surface area (Å²) < 4.78 is 28.2. The Bertz CT molecular complexity index is 666. The number of benzene rings is 1. The fraction of sp³-hybridized carbons (Fsp3) is 0.273. The zero-order valence-corrected chi connectivity index (χ0v) is 11.1. The molecule has 0 aliphatic rings. The molecule has 2 aromatic rings. The molecule has 0 aliphatic carbocycles. The number of nitrogens with one attached hydrogen (secondary N) is 1. The summed E-state index contributed by atoms with van der Waals surface area (Å²) in [7, 11) is -3.77. The van der Waals surface area contributed by atoms with Crippen molar-refractivity contribution in [2.45, 2.75) is 24.9 Å². The van der Waals surface area contributed by atoms with Crippen molar-refractivity contribution >= 4 is 10.0 Å². The van der Waals surface area contributed by atoms with E-state index >= 15 is 0 Å². The highest BCUT2D eigenvalue weighted by atomic mass is 32.2. The Morgan fingerprint density at radius 2 is 2.11 bits per heavy atom. The minimum atomic E-state index is -3.77. The maximum absolute atomic E-state index is 12.0. The Labute approximate surface area is 111 Å². The predicted octanol–water partition coefficient (Wildman–Crippen LogP) is 0.482. The first-order chi connectivity index (χ1) is 9.04. The molecule has 0 radical (unpaired) electrons. The van der Waals surface area contributed by atoms with E-state index in [-0.39, 0.29) is 17.2 Å². The van der Waals surface area contributed by atoms with Crippen LogP contribution in [0.1, 0.15) is 12.7 Å². The zero-order chi connectivity index (χ0) is 13.9. The van der Waals surface area contributed by atoms with Crippen LogP contribution in [0.3, 0.4) is 0 Å². The standard InChI is InChI=1S/C11H14N4O3S/c1-2-15-8-12-14-11(15)7-13-19(17,18)10-6-4-3-5-9(10)16/h3-6,8,13,16H,2,7H2,1H3. The number of rotatable bonds is 5. The summed E-state index contributed by atoms with van der Waals surface area (Å²) in [6.45, 7) is 2.58. The van der Waals surface area contributed by atoms with Gasteiger partial charge in [-0.2, -0.15) is 0 Å². The van der Waals surface area contributed by atoms with E-state index in [9.17, 15) is 13.5 Å². The van der Waals surface area contributed by atoms with Gasteiger partial charge in [-0.1, -0.05) is 12.1 Å². The molecule has 0 saturated heterocycles. The van der Waals surface area contributed by atoms with Gasteiger partial charge in [0.2, 0.25) is 10.0 Å². The summed E-state index contributed by atoms with van der Waals surface area (Å²) in [5.74, 6) is 0.230. The lowest BCUT2D eigenvalue weighted by Gasteiger charge is -2.08. The molecule has 0 fully saturated rings. The molecule has 0 spiro atoms. The Morgan fingerprint density at radius 3 is 2.79 bits per heavy atom. The molecule has 0 unspecified atom stereocenters. The summed E-state index contributed by atoms with van der Waals surface area (Å²) in [6.07, 6.45) is 1.53. The lowest BCUT2D eigenvalue weighted by Crippen LogP contribution is -2.25. The lowest BCUT2D eigenvalue weighted by atomic mass is 10.3. The third-order valence-electron chi connectivity index (χ3n) is 2.61. The number of sulfonamides is 1. The highest BCUT2D eigenvalue weighted by Crippen LogP contribution is 2.21. The number of hydrogen-bond acceptors (Lipinski definition) is 5. The molecule has 8 heteroatoms. The Hall–Kier alpha value is -1.93. The van der Waals surface area contributed by atoms with Gasteiger partial charge in [-0.05, 0) is 19.1 Å². The SMILES string of the molecule is CCn1cnnc1CNS(=O)(=O)c1ccccc1O. The minimum Gasteiger partial charge on any atom is -0.507 e. The van der Waals surface area contributed by atoms with Crippen LogP contribution in [-0.2, 0) is 23.1 Å². The number of aromatic nitrogens is 3. The molecule has 7 nitrogen and oxygen atoms in total. The molecule has 1 aromatic heterocycles. The van der Waals surface area contributed by atoms with Gasteiger partial charge >= 0.3 is 0 Å². The van der Waals surface area contributed by atoms with Gasteiger partial charge in [-0.15, -0.1) is 10.2 Å². The first-order valence-electron chi connectivity index (χ1n) is 5.69. The molecule has 19 heavy (non-hydrogen) atoms.